The maximum absolute atomic E-state index is 12.7. The van der Waals surface area contributed by atoms with E-state index in [1.165, 1.54) is 10.4 Å². The molecule has 2 aromatic rings. The van der Waals surface area contributed by atoms with Crippen molar-refractivity contribution < 1.29 is 22.5 Å². The van der Waals surface area contributed by atoms with E-state index in [2.05, 4.69) is 5.16 Å². The molecule has 0 aliphatic carbocycles. The number of carbonyl (C=O) groups excluding carboxylic acids is 1. The van der Waals surface area contributed by atoms with Crippen LogP contribution in [0.4, 0.5) is 0 Å². The highest BCUT2D eigenvalue weighted by Crippen LogP contribution is 2.28. The van der Waals surface area contributed by atoms with Gasteiger partial charge in [-0.15, -0.1) is 11.3 Å². The first kappa shape index (κ1) is 17.1. The number of aromatic nitrogens is 1. The first-order valence-corrected chi connectivity index (χ1v) is 9.89. The molecule has 3 heterocycles. The highest BCUT2D eigenvalue weighted by atomic mass is 32.2. The lowest BCUT2D eigenvalue weighted by molar-refractivity contribution is 0.0472. The van der Waals surface area contributed by atoms with Crippen LogP contribution in [0.1, 0.15) is 39.5 Å². The van der Waals surface area contributed by atoms with Gasteiger partial charge in [0.2, 0.25) is 10.0 Å². The minimum absolute atomic E-state index is 0.00109. The van der Waals surface area contributed by atoms with Crippen molar-refractivity contribution in [3.8, 4) is 0 Å². The Morgan fingerprint density at radius 1 is 1.38 bits per heavy atom. The molecule has 0 radical (unpaired) electrons. The molecule has 2 aromatic heterocycles. The van der Waals surface area contributed by atoms with Crippen molar-refractivity contribution in [3.05, 3.63) is 33.3 Å². The van der Waals surface area contributed by atoms with E-state index in [0.717, 1.165) is 24.2 Å². The van der Waals surface area contributed by atoms with Crippen LogP contribution in [0, 0.1) is 13.8 Å². The van der Waals surface area contributed by atoms with Gasteiger partial charge in [0, 0.05) is 13.1 Å². The van der Waals surface area contributed by atoms with Gasteiger partial charge < -0.3 is 9.26 Å². The van der Waals surface area contributed by atoms with E-state index in [1.54, 1.807) is 19.2 Å². The number of esters is 1. The van der Waals surface area contributed by atoms with Gasteiger partial charge in [0.1, 0.15) is 22.1 Å². The second kappa shape index (κ2) is 6.66. The molecule has 130 valence electrons. The average Bonchev–Trinajstić information content (AvgIpc) is 3.27. The Balaban J connectivity index is 1.78. The molecule has 9 heteroatoms. The molecule has 1 saturated heterocycles. The van der Waals surface area contributed by atoms with Crippen LogP contribution in [0.3, 0.4) is 0 Å². The van der Waals surface area contributed by atoms with Crippen LogP contribution in [0.2, 0.25) is 0 Å². The van der Waals surface area contributed by atoms with Crippen molar-refractivity contribution in [1.29, 1.82) is 0 Å². The van der Waals surface area contributed by atoms with E-state index in [1.807, 2.05) is 0 Å². The summed E-state index contributed by atoms with van der Waals surface area (Å²) in [5.41, 5.74) is 1.35. The topological polar surface area (TPSA) is 89.7 Å². The molecule has 3 rings (SSSR count). The summed E-state index contributed by atoms with van der Waals surface area (Å²) in [5.74, 6) is -0.0702. The Morgan fingerprint density at radius 2 is 2.08 bits per heavy atom. The number of sulfonamides is 1. The Bertz CT molecular complexity index is 828. The summed E-state index contributed by atoms with van der Waals surface area (Å²) in [5, 5.41) is 5.39. The maximum Gasteiger partial charge on any atom is 0.350 e. The zero-order valence-corrected chi connectivity index (χ0v) is 15.1. The van der Waals surface area contributed by atoms with Crippen LogP contribution >= 0.6 is 11.3 Å². The third kappa shape index (κ3) is 3.11. The van der Waals surface area contributed by atoms with Crippen LogP contribution in [0.5, 0.6) is 0 Å². The molecule has 7 nitrogen and oxygen atoms in total. The number of nitrogens with zero attached hydrogens (tertiary/aromatic N) is 2. The van der Waals surface area contributed by atoms with Gasteiger partial charge >= 0.3 is 5.97 Å². The lowest BCUT2D eigenvalue weighted by atomic mass is 10.2. The summed E-state index contributed by atoms with van der Waals surface area (Å²) >= 11 is 1.07. The summed E-state index contributed by atoms with van der Waals surface area (Å²) in [6.45, 7) is 4.48. The van der Waals surface area contributed by atoms with Crippen molar-refractivity contribution in [2.24, 2.45) is 0 Å². The van der Waals surface area contributed by atoms with Crippen molar-refractivity contribution in [1.82, 2.24) is 9.46 Å². The molecule has 0 saturated carbocycles. The van der Waals surface area contributed by atoms with Gasteiger partial charge in [-0.2, -0.15) is 4.31 Å². The average molecular weight is 370 g/mol. The number of aryl methyl sites for hydroxylation is 2. The molecule has 1 fully saturated rings. The molecule has 0 atom stereocenters. The van der Waals surface area contributed by atoms with E-state index in [0.29, 0.717) is 30.1 Å². The predicted molar refractivity (Wildman–Crippen MR) is 87.4 cm³/mol. The van der Waals surface area contributed by atoms with Gasteiger partial charge in [-0.05, 0) is 38.1 Å². The summed E-state index contributed by atoms with van der Waals surface area (Å²) in [6, 6.07) is 1.46. The normalized spacial score (nSPS) is 15.8. The fraction of sp³-hybridized carbons (Fsp3) is 0.467. The summed E-state index contributed by atoms with van der Waals surface area (Å²) in [4.78, 5) is 12.5. The van der Waals surface area contributed by atoms with Crippen LogP contribution in [0.25, 0.3) is 0 Å². The Morgan fingerprint density at radius 3 is 2.71 bits per heavy atom. The molecule has 0 bridgehead atoms. The van der Waals surface area contributed by atoms with E-state index in [4.69, 9.17) is 9.26 Å². The molecule has 24 heavy (non-hydrogen) atoms. The second-order valence-corrected chi connectivity index (χ2v) is 8.43. The van der Waals surface area contributed by atoms with Gasteiger partial charge in [-0.3, -0.25) is 0 Å². The highest BCUT2D eigenvalue weighted by Gasteiger charge is 2.32. The molecule has 1 aliphatic heterocycles. The Hall–Kier alpha value is -1.71. The standard InChI is InChI=1S/C15H18N2O5S2/c1-10-12(11(2)22-16-10)9-21-15(18)14-13(5-8-23-14)24(19,20)17-6-3-4-7-17/h5,8H,3-4,6-7,9H2,1-2H3. The molecular formula is C15H18N2O5S2. The molecule has 0 spiro atoms. The fourth-order valence-corrected chi connectivity index (χ4v) is 5.43. The third-order valence-electron chi connectivity index (χ3n) is 4.03. The van der Waals surface area contributed by atoms with Gasteiger partial charge in [0.25, 0.3) is 0 Å². The van der Waals surface area contributed by atoms with Crippen LogP contribution in [-0.4, -0.2) is 36.9 Å². The first-order chi connectivity index (χ1) is 11.4. The van der Waals surface area contributed by atoms with Gasteiger partial charge in [-0.25, -0.2) is 13.2 Å². The fourth-order valence-electron chi connectivity index (χ4n) is 2.63. The van der Waals surface area contributed by atoms with Crippen molar-refractivity contribution in [2.75, 3.05) is 13.1 Å². The van der Waals surface area contributed by atoms with Crippen LogP contribution in [0.15, 0.2) is 20.9 Å². The largest absolute Gasteiger partial charge is 0.456 e. The van der Waals surface area contributed by atoms with Gasteiger partial charge in [0.05, 0.1) is 11.3 Å². The van der Waals surface area contributed by atoms with Gasteiger partial charge in [-0.1, -0.05) is 5.16 Å². The van der Waals surface area contributed by atoms with Crippen LogP contribution in [-0.2, 0) is 21.4 Å². The molecule has 0 unspecified atom stereocenters. The number of carbonyl (C=O) groups is 1. The van der Waals surface area contributed by atoms with Gasteiger partial charge in [0.15, 0.2) is 0 Å². The monoisotopic (exact) mass is 370 g/mol. The van der Waals surface area contributed by atoms with Crippen molar-refractivity contribution in [3.63, 3.8) is 0 Å². The molecule has 1 aliphatic rings. The minimum atomic E-state index is -3.65. The maximum atomic E-state index is 12.7. The van der Waals surface area contributed by atoms with E-state index in [9.17, 15) is 13.2 Å². The molecule has 0 amide bonds. The van der Waals surface area contributed by atoms with E-state index >= 15 is 0 Å². The Labute approximate surface area is 144 Å². The number of thiophene rings is 1. The summed E-state index contributed by atoms with van der Waals surface area (Å²) in [6.07, 6.45) is 1.68. The minimum Gasteiger partial charge on any atom is -0.456 e. The quantitative estimate of drug-likeness (QED) is 0.751. The summed E-state index contributed by atoms with van der Waals surface area (Å²) in [7, 11) is -3.65. The first-order valence-electron chi connectivity index (χ1n) is 7.58. The highest BCUT2D eigenvalue weighted by molar-refractivity contribution is 7.89. The lowest BCUT2D eigenvalue weighted by Crippen LogP contribution is -2.28. The zero-order chi connectivity index (χ0) is 17.3. The summed E-state index contributed by atoms with van der Waals surface area (Å²) < 4.78 is 37.0. The number of rotatable bonds is 5. The van der Waals surface area contributed by atoms with Crippen LogP contribution < -0.4 is 0 Å². The smallest absolute Gasteiger partial charge is 0.350 e. The molecule has 0 N–H and O–H groups in total. The van der Waals surface area contributed by atoms with E-state index < -0.39 is 16.0 Å². The number of hydrogen-bond acceptors (Lipinski definition) is 7. The second-order valence-electron chi connectivity index (χ2n) is 5.60. The predicted octanol–water partition coefficient (Wildman–Crippen LogP) is 2.49. The van der Waals surface area contributed by atoms with Crippen molar-refractivity contribution >= 4 is 27.3 Å². The third-order valence-corrected chi connectivity index (χ3v) is 6.99. The Kier molecular flexibility index (Phi) is 4.75. The molecule has 0 aromatic carbocycles. The number of ether oxygens (including phenoxy) is 1. The number of hydrogen-bond donors (Lipinski definition) is 0. The molecular weight excluding hydrogens is 352 g/mol. The lowest BCUT2D eigenvalue weighted by Gasteiger charge is -2.15. The zero-order valence-electron chi connectivity index (χ0n) is 13.4. The van der Waals surface area contributed by atoms with Crippen molar-refractivity contribution in [2.45, 2.75) is 38.2 Å². The van der Waals surface area contributed by atoms with E-state index in [-0.39, 0.29) is 16.4 Å². The SMILES string of the molecule is Cc1noc(C)c1COC(=O)c1sccc1S(=O)(=O)N1CCCC1.